The Bertz CT molecular complexity index is 1820. The largest absolute Gasteiger partial charge is 0.295 e. The lowest BCUT2D eigenvalue weighted by Crippen LogP contribution is -2.43. The topological polar surface area (TPSA) is 113 Å². The molecule has 2 N–H and O–H groups in total. The first kappa shape index (κ1) is 26.8. The van der Waals surface area contributed by atoms with Crippen LogP contribution in [0.15, 0.2) is 76.5 Å². The van der Waals surface area contributed by atoms with Gasteiger partial charge in [0.05, 0.1) is 4.90 Å². The van der Waals surface area contributed by atoms with E-state index in [0.717, 1.165) is 77.5 Å². The van der Waals surface area contributed by atoms with Crippen LogP contribution in [0.2, 0.25) is 0 Å². The lowest BCUT2D eigenvalue weighted by molar-refractivity contribution is -0.676. The van der Waals surface area contributed by atoms with E-state index < -0.39 is 30.0 Å². The second-order valence-corrected chi connectivity index (χ2v) is 13.3. The molecule has 0 radical (unpaired) electrons. The number of pyridine rings is 1. The highest BCUT2D eigenvalue weighted by molar-refractivity contribution is 7.86. The molecule has 6 rings (SSSR count). The van der Waals surface area contributed by atoms with E-state index >= 15 is 0 Å². The van der Waals surface area contributed by atoms with Gasteiger partial charge in [0, 0.05) is 39.8 Å². The molecule has 40 heavy (non-hydrogen) atoms. The predicted molar refractivity (Wildman–Crippen MR) is 152 cm³/mol. The zero-order valence-corrected chi connectivity index (χ0v) is 23.7. The van der Waals surface area contributed by atoms with Gasteiger partial charge >= 0.3 is 0 Å². The number of benzene rings is 3. The second-order valence-electron chi connectivity index (χ2n) is 10.5. The SMILES string of the molecule is CCCC[n+]1c2c(c(-c3ccc(S(=O)(=O)O)cc3S(=O)(=O)O)c3c1-c1ccccc1CC3)CCc1ccccc1-2. The molecule has 2 aliphatic rings. The molecule has 0 saturated heterocycles. The van der Waals surface area contributed by atoms with E-state index in [1.165, 1.54) is 23.3 Å². The minimum Gasteiger partial charge on any atom is -0.282 e. The molecule has 0 unspecified atom stereocenters. The highest BCUT2D eigenvalue weighted by Gasteiger charge is 2.38. The summed E-state index contributed by atoms with van der Waals surface area (Å²) in [5.74, 6) is 0. The summed E-state index contributed by atoms with van der Waals surface area (Å²) in [6.07, 6.45) is 4.83. The molecule has 2 aliphatic carbocycles. The van der Waals surface area contributed by atoms with Crippen LogP contribution >= 0.6 is 0 Å². The zero-order valence-electron chi connectivity index (χ0n) is 22.1. The summed E-state index contributed by atoms with van der Waals surface area (Å²) < 4.78 is 71.6. The molecule has 0 aliphatic heterocycles. The monoisotopic (exact) mass is 576 g/mol. The molecule has 0 amide bonds. The third-order valence-electron chi connectivity index (χ3n) is 8.08. The van der Waals surface area contributed by atoms with Gasteiger partial charge in [0.2, 0.25) is 11.4 Å². The van der Waals surface area contributed by atoms with Crippen molar-refractivity contribution in [2.24, 2.45) is 0 Å². The van der Waals surface area contributed by atoms with Gasteiger partial charge < -0.3 is 0 Å². The summed E-state index contributed by atoms with van der Waals surface area (Å²) in [5, 5.41) is 0. The Balaban J connectivity index is 1.80. The summed E-state index contributed by atoms with van der Waals surface area (Å²) in [7, 11) is -9.54. The number of rotatable bonds is 6. The quantitative estimate of drug-likeness (QED) is 0.233. The molecule has 4 aromatic rings. The standard InChI is InChI=1S/C31H29NO6S2/c1-2-3-18-32-30-23-10-6-4-8-20(23)12-15-26(30)29(27-16-13-21-9-5-7-11-24(21)31(27)32)25-17-14-22(39(33,34)35)19-28(25)40(36,37)38/h4-11,14,17,19H,2-3,12-13,15-16,18H2,1H3,(H-,33,34,35,36,37,38)/p+1. The van der Waals surface area contributed by atoms with Crippen LogP contribution in [0.1, 0.15) is 42.0 Å². The van der Waals surface area contributed by atoms with Crippen LogP contribution < -0.4 is 4.57 Å². The van der Waals surface area contributed by atoms with Crippen molar-refractivity contribution in [3.05, 3.63) is 89.0 Å². The summed E-state index contributed by atoms with van der Waals surface area (Å²) in [6, 6.07) is 20.0. The number of aryl methyl sites for hydroxylation is 2. The highest BCUT2D eigenvalue weighted by atomic mass is 32.2. The maximum atomic E-state index is 12.7. The molecule has 0 atom stereocenters. The number of fused-ring (bicyclic) bond motifs is 6. The molecule has 3 aromatic carbocycles. The van der Waals surface area contributed by atoms with Gasteiger partial charge in [0.1, 0.15) is 11.4 Å². The Kier molecular flexibility index (Phi) is 6.65. The smallest absolute Gasteiger partial charge is 0.282 e. The fraction of sp³-hybridized carbons (Fsp3) is 0.258. The number of nitrogens with zero attached hydrogens (tertiary/aromatic N) is 1. The van der Waals surface area contributed by atoms with Gasteiger partial charge in [-0.2, -0.15) is 21.4 Å². The molecule has 206 valence electrons. The van der Waals surface area contributed by atoms with Crippen LogP contribution in [0.25, 0.3) is 33.6 Å². The van der Waals surface area contributed by atoms with E-state index in [2.05, 4.69) is 35.8 Å². The van der Waals surface area contributed by atoms with Crippen LogP contribution in [0.3, 0.4) is 0 Å². The Morgan fingerprint density at radius 1 is 0.700 bits per heavy atom. The minimum atomic E-state index is -4.85. The van der Waals surface area contributed by atoms with Gasteiger partial charge in [-0.3, -0.25) is 9.11 Å². The lowest BCUT2D eigenvalue weighted by Gasteiger charge is -2.29. The van der Waals surface area contributed by atoms with Crippen LogP contribution in [0.4, 0.5) is 0 Å². The number of hydrogen-bond acceptors (Lipinski definition) is 4. The van der Waals surface area contributed by atoms with Crippen molar-refractivity contribution in [1.29, 1.82) is 0 Å². The molecule has 9 heteroatoms. The van der Waals surface area contributed by atoms with Gasteiger partial charge in [-0.1, -0.05) is 55.8 Å². The summed E-state index contributed by atoms with van der Waals surface area (Å²) >= 11 is 0. The van der Waals surface area contributed by atoms with Crippen molar-refractivity contribution in [3.8, 4) is 33.6 Å². The number of aromatic nitrogens is 1. The van der Waals surface area contributed by atoms with Gasteiger partial charge in [0.25, 0.3) is 20.2 Å². The summed E-state index contributed by atoms with van der Waals surface area (Å²) in [4.78, 5) is -1.12. The highest BCUT2D eigenvalue weighted by Crippen LogP contribution is 2.46. The average Bonchev–Trinajstić information content (AvgIpc) is 2.93. The Morgan fingerprint density at radius 2 is 1.25 bits per heavy atom. The molecular formula is C31H30NO6S2+. The van der Waals surface area contributed by atoms with Crippen molar-refractivity contribution in [3.63, 3.8) is 0 Å². The van der Waals surface area contributed by atoms with Crippen LogP contribution in [-0.4, -0.2) is 25.9 Å². The summed E-state index contributed by atoms with van der Waals surface area (Å²) in [5.41, 5.74) is 9.60. The molecule has 0 fully saturated rings. The third kappa shape index (κ3) is 4.47. The lowest BCUT2D eigenvalue weighted by atomic mass is 9.77. The molecule has 1 aromatic heterocycles. The van der Waals surface area contributed by atoms with Crippen molar-refractivity contribution in [2.75, 3.05) is 0 Å². The first-order valence-electron chi connectivity index (χ1n) is 13.5. The van der Waals surface area contributed by atoms with Crippen molar-refractivity contribution in [1.82, 2.24) is 0 Å². The van der Waals surface area contributed by atoms with Gasteiger partial charge in [0.15, 0.2) is 0 Å². The van der Waals surface area contributed by atoms with E-state index in [9.17, 15) is 25.9 Å². The first-order valence-corrected chi connectivity index (χ1v) is 16.3. The van der Waals surface area contributed by atoms with Crippen LogP contribution in [0.5, 0.6) is 0 Å². The number of unbranched alkanes of at least 4 members (excludes halogenated alkanes) is 1. The van der Waals surface area contributed by atoms with Crippen LogP contribution in [0, 0.1) is 0 Å². The fourth-order valence-electron chi connectivity index (χ4n) is 6.37. The van der Waals surface area contributed by atoms with Crippen LogP contribution in [-0.2, 0) is 52.5 Å². The third-order valence-corrected chi connectivity index (χ3v) is 9.83. The molecular weight excluding hydrogens is 546 g/mol. The Hall–Kier alpha value is -3.37. The van der Waals surface area contributed by atoms with E-state index in [-0.39, 0.29) is 5.56 Å². The van der Waals surface area contributed by atoms with E-state index in [0.29, 0.717) is 12.8 Å². The van der Waals surface area contributed by atoms with Crippen molar-refractivity contribution >= 4 is 20.2 Å². The Morgan fingerprint density at radius 3 is 1.75 bits per heavy atom. The van der Waals surface area contributed by atoms with Crippen molar-refractivity contribution < 1.29 is 30.5 Å². The first-order chi connectivity index (χ1) is 19.1. The maximum absolute atomic E-state index is 12.7. The normalized spacial score (nSPS) is 14.2. The molecule has 0 bridgehead atoms. The minimum absolute atomic E-state index is 0.240. The van der Waals surface area contributed by atoms with E-state index in [4.69, 9.17) is 0 Å². The average molecular weight is 577 g/mol. The van der Waals surface area contributed by atoms with Gasteiger partial charge in [-0.25, -0.2) is 0 Å². The van der Waals surface area contributed by atoms with E-state index in [1.807, 2.05) is 24.3 Å². The predicted octanol–water partition coefficient (Wildman–Crippen LogP) is 5.47. The van der Waals surface area contributed by atoms with Crippen molar-refractivity contribution in [2.45, 2.75) is 61.8 Å². The van der Waals surface area contributed by atoms with Gasteiger partial charge in [-0.05, 0) is 61.1 Å². The second kappa shape index (κ2) is 9.92. The maximum Gasteiger partial charge on any atom is 0.295 e. The molecule has 0 spiro atoms. The van der Waals surface area contributed by atoms with Gasteiger partial charge in [-0.15, -0.1) is 0 Å². The van der Waals surface area contributed by atoms with E-state index in [1.54, 1.807) is 0 Å². The summed E-state index contributed by atoms with van der Waals surface area (Å²) in [6.45, 7) is 2.95. The zero-order chi connectivity index (χ0) is 28.2. The fourth-order valence-corrected chi connectivity index (χ4v) is 7.67. The molecule has 1 heterocycles. The number of hydrogen-bond donors (Lipinski definition) is 2. The molecule has 0 saturated carbocycles. The Labute approximate surface area is 234 Å². The molecule has 7 nitrogen and oxygen atoms in total.